The van der Waals surface area contributed by atoms with E-state index < -0.39 is 0 Å². The molecule has 2 rings (SSSR count). The van der Waals surface area contributed by atoms with E-state index in [9.17, 15) is 5.11 Å². The van der Waals surface area contributed by atoms with Crippen LogP contribution in [0.15, 0.2) is 30.3 Å². The van der Waals surface area contributed by atoms with E-state index >= 15 is 0 Å². The first-order chi connectivity index (χ1) is 18.5. The first-order valence-electron chi connectivity index (χ1n) is 14.0. The third-order valence-corrected chi connectivity index (χ3v) is 6.15. The molecule has 2 aromatic carbocycles. The van der Waals surface area contributed by atoms with Crippen molar-refractivity contribution in [3.63, 3.8) is 0 Å². The van der Waals surface area contributed by atoms with Crippen LogP contribution in [0, 0.1) is 6.92 Å². The molecule has 0 aliphatic heterocycles. The van der Waals surface area contributed by atoms with Gasteiger partial charge in [0, 0.05) is 0 Å². The molecule has 0 atom stereocenters. The van der Waals surface area contributed by atoms with Gasteiger partial charge in [-0.25, -0.2) is 0 Å². The minimum atomic E-state index is 0.0228. The zero-order chi connectivity index (χ0) is 27.6. The number of rotatable bonds is 21. The Morgan fingerprint density at radius 2 is 1.37 bits per heavy atom. The topological polar surface area (TPSA) is 86.6 Å². The molecule has 0 aromatic heterocycles. The van der Waals surface area contributed by atoms with Crippen LogP contribution in [-0.2, 0) is 25.4 Å². The molecule has 0 heterocycles. The number of aliphatic hydroxyl groups excluding tert-OH is 1. The van der Waals surface area contributed by atoms with E-state index in [-0.39, 0.29) is 12.4 Å². The van der Waals surface area contributed by atoms with Crippen molar-refractivity contribution < 1.29 is 33.9 Å². The number of benzene rings is 2. The largest absolute Gasteiger partial charge is 0.507 e. The lowest BCUT2D eigenvalue weighted by Crippen LogP contribution is -2.14. The summed E-state index contributed by atoms with van der Waals surface area (Å²) in [5.74, 6) is 1.28. The number of unbranched alkanes of at least 4 members (excludes halogenated alkanes) is 2. The highest BCUT2D eigenvalue weighted by Crippen LogP contribution is 2.43. The molecule has 0 spiro atoms. The lowest BCUT2D eigenvalue weighted by atomic mass is 9.89. The number of aliphatic hydroxyl groups is 1. The Morgan fingerprint density at radius 3 is 1.95 bits per heavy atom. The quantitative estimate of drug-likeness (QED) is 0.201. The average Bonchev–Trinajstić information content (AvgIpc) is 2.88. The first-order valence-corrected chi connectivity index (χ1v) is 14.0. The number of phenols is 1. The second-order valence-electron chi connectivity index (χ2n) is 9.71. The third-order valence-electron chi connectivity index (χ3n) is 6.15. The number of ether oxygens (including phenoxy) is 5. The molecule has 0 unspecified atom stereocenters. The van der Waals surface area contributed by atoms with Crippen molar-refractivity contribution in [1.29, 1.82) is 0 Å². The van der Waals surface area contributed by atoms with Gasteiger partial charge in [0.25, 0.3) is 0 Å². The molecular weight excluding hydrogens is 484 g/mol. The first kappa shape index (κ1) is 32.1. The molecule has 7 nitrogen and oxygen atoms in total. The van der Waals surface area contributed by atoms with Gasteiger partial charge in [0.05, 0.1) is 65.0 Å². The van der Waals surface area contributed by atoms with Crippen molar-refractivity contribution in [2.45, 2.75) is 59.3 Å². The van der Waals surface area contributed by atoms with Crippen molar-refractivity contribution in [1.82, 2.24) is 0 Å². The van der Waals surface area contributed by atoms with Gasteiger partial charge >= 0.3 is 0 Å². The van der Waals surface area contributed by atoms with Crippen LogP contribution in [0.2, 0.25) is 0 Å². The van der Waals surface area contributed by atoms with Crippen LogP contribution in [0.1, 0.15) is 62.6 Å². The van der Waals surface area contributed by atoms with E-state index in [0.717, 1.165) is 47.9 Å². The van der Waals surface area contributed by atoms with Crippen molar-refractivity contribution in [2.24, 2.45) is 0 Å². The molecule has 0 bridgehead atoms. The smallest absolute Gasteiger partial charge is 0.131 e. The predicted octanol–water partition coefficient (Wildman–Crippen LogP) is 5.66. The maximum absolute atomic E-state index is 11.1. The van der Waals surface area contributed by atoms with Crippen LogP contribution in [0.5, 0.6) is 11.5 Å². The van der Waals surface area contributed by atoms with Gasteiger partial charge in [0.1, 0.15) is 18.1 Å². The fourth-order valence-corrected chi connectivity index (χ4v) is 4.19. The predicted molar refractivity (Wildman–Crippen MR) is 151 cm³/mol. The minimum Gasteiger partial charge on any atom is -0.507 e. The fraction of sp³-hybridized carbons (Fsp3) is 0.613. The highest BCUT2D eigenvalue weighted by Gasteiger charge is 2.19. The standard InChI is InChI=1S/C31H48O7/c1-5-6-7-8-26-22-29(33)31(28-21-25(4)9-10-27(28)24(2)3)30(23-26)38-20-19-37-18-17-36-16-15-35-14-13-34-12-11-32/h9-10,21-24,32-33H,5-8,11-20H2,1-4H3. The van der Waals surface area contributed by atoms with E-state index in [1.165, 1.54) is 5.56 Å². The summed E-state index contributed by atoms with van der Waals surface area (Å²) in [6.45, 7) is 12.6. The highest BCUT2D eigenvalue weighted by molar-refractivity contribution is 5.80. The summed E-state index contributed by atoms with van der Waals surface area (Å²) in [6, 6.07) is 10.4. The second kappa shape index (κ2) is 19.0. The zero-order valence-electron chi connectivity index (χ0n) is 23.8. The fourth-order valence-electron chi connectivity index (χ4n) is 4.19. The van der Waals surface area contributed by atoms with E-state index in [2.05, 4.69) is 52.0 Å². The van der Waals surface area contributed by atoms with Gasteiger partial charge in [-0.2, -0.15) is 0 Å². The Labute approximate surface area is 229 Å². The van der Waals surface area contributed by atoms with Gasteiger partial charge in [-0.05, 0) is 54.5 Å². The van der Waals surface area contributed by atoms with Gasteiger partial charge in [-0.1, -0.05) is 57.4 Å². The van der Waals surface area contributed by atoms with Gasteiger partial charge < -0.3 is 33.9 Å². The molecule has 0 radical (unpaired) electrons. The Balaban J connectivity index is 1.90. The normalized spacial score (nSPS) is 11.4. The lowest BCUT2D eigenvalue weighted by Gasteiger charge is -2.20. The van der Waals surface area contributed by atoms with E-state index in [0.29, 0.717) is 71.1 Å². The van der Waals surface area contributed by atoms with E-state index in [4.69, 9.17) is 28.8 Å². The Morgan fingerprint density at radius 1 is 0.763 bits per heavy atom. The summed E-state index contributed by atoms with van der Waals surface area (Å²) in [6.07, 6.45) is 4.32. The highest BCUT2D eigenvalue weighted by atomic mass is 16.6. The molecule has 0 saturated carbocycles. The maximum atomic E-state index is 11.1. The summed E-state index contributed by atoms with van der Waals surface area (Å²) >= 11 is 0. The summed E-state index contributed by atoms with van der Waals surface area (Å²) < 4.78 is 28.0. The van der Waals surface area contributed by atoms with Gasteiger partial charge in [-0.15, -0.1) is 0 Å². The molecule has 7 heteroatoms. The zero-order valence-corrected chi connectivity index (χ0v) is 23.8. The van der Waals surface area contributed by atoms with Crippen LogP contribution in [0.3, 0.4) is 0 Å². The molecule has 0 aliphatic carbocycles. The van der Waals surface area contributed by atoms with Crippen molar-refractivity contribution in [3.05, 3.63) is 47.0 Å². The molecule has 2 N–H and O–H groups in total. The van der Waals surface area contributed by atoms with Crippen LogP contribution >= 0.6 is 0 Å². The molecule has 214 valence electrons. The SMILES string of the molecule is CCCCCc1cc(O)c(-c2cc(C)ccc2C(C)C)c(OCCOCCOCCOCCOCCO)c1. The molecule has 0 fully saturated rings. The second-order valence-corrected chi connectivity index (χ2v) is 9.71. The number of phenolic OH excluding ortho intramolecular Hbond substituents is 1. The molecule has 2 aromatic rings. The molecule has 0 saturated heterocycles. The third kappa shape index (κ3) is 11.7. The summed E-state index contributed by atoms with van der Waals surface area (Å²) in [7, 11) is 0. The Hall–Kier alpha value is -2.16. The monoisotopic (exact) mass is 532 g/mol. The van der Waals surface area contributed by atoms with Crippen molar-refractivity contribution >= 4 is 0 Å². The molecular formula is C31H48O7. The van der Waals surface area contributed by atoms with Crippen LogP contribution in [-0.4, -0.2) is 76.3 Å². The van der Waals surface area contributed by atoms with Gasteiger partial charge in [0.2, 0.25) is 0 Å². The van der Waals surface area contributed by atoms with Crippen molar-refractivity contribution in [3.8, 4) is 22.6 Å². The van der Waals surface area contributed by atoms with Gasteiger partial charge in [-0.3, -0.25) is 0 Å². The van der Waals surface area contributed by atoms with E-state index in [1.807, 2.05) is 6.07 Å². The average molecular weight is 533 g/mol. The Kier molecular flexibility index (Phi) is 16.0. The van der Waals surface area contributed by atoms with Gasteiger partial charge in [0.15, 0.2) is 0 Å². The maximum Gasteiger partial charge on any atom is 0.131 e. The minimum absolute atomic E-state index is 0.0228. The number of aromatic hydroxyl groups is 1. The Bertz CT molecular complexity index is 913. The molecule has 0 aliphatic rings. The summed E-state index contributed by atoms with van der Waals surface area (Å²) in [5, 5.41) is 19.8. The molecule has 38 heavy (non-hydrogen) atoms. The molecule has 0 amide bonds. The van der Waals surface area contributed by atoms with Crippen LogP contribution < -0.4 is 4.74 Å². The lowest BCUT2D eigenvalue weighted by molar-refractivity contribution is -0.00778. The number of hydrogen-bond acceptors (Lipinski definition) is 7. The van der Waals surface area contributed by atoms with Crippen LogP contribution in [0.25, 0.3) is 11.1 Å². The summed E-state index contributed by atoms with van der Waals surface area (Å²) in [4.78, 5) is 0. The summed E-state index contributed by atoms with van der Waals surface area (Å²) in [5.41, 5.74) is 5.19. The van der Waals surface area contributed by atoms with E-state index in [1.54, 1.807) is 0 Å². The number of hydrogen-bond donors (Lipinski definition) is 2. The van der Waals surface area contributed by atoms with Crippen molar-refractivity contribution in [2.75, 3.05) is 66.1 Å². The van der Waals surface area contributed by atoms with Crippen LogP contribution in [0.4, 0.5) is 0 Å². The number of aryl methyl sites for hydroxylation is 2.